The first-order chi connectivity index (χ1) is 12.7. The fraction of sp³-hybridized carbons (Fsp3) is 0.333. The highest BCUT2D eigenvalue weighted by Crippen LogP contribution is 2.37. The first-order valence-electron chi connectivity index (χ1n) is 9.98. The molecule has 0 radical (unpaired) electrons. The van der Waals surface area contributed by atoms with Crippen LogP contribution in [0.25, 0.3) is 22.3 Å². The van der Waals surface area contributed by atoms with Gasteiger partial charge in [0.1, 0.15) is 0 Å². The quantitative estimate of drug-likeness (QED) is 0.446. The van der Waals surface area contributed by atoms with Crippen molar-refractivity contribution >= 4 is 0 Å². The van der Waals surface area contributed by atoms with Crippen molar-refractivity contribution in [2.75, 3.05) is 0 Å². The summed E-state index contributed by atoms with van der Waals surface area (Å²) < 4.78 is 0. The summed E-state index contributed by atoms with van der Waals surface area (Å²) in [6.07, 6.45) is 0. The van der Waals surface area contributed by atoms with Gasteiger partial charge in [-0.25, -0.2) is 0 Å². The molecule has 0 amide bonds. The Hall–Kier alpha value is -2.34. The van der Waals surface area contributed by atoms with Gasteiger partial charge in [0.2, 0.25) is 0 Å². The molecule has 3 rings (SSSR count). The number of benzene rings is 3. The van der Waals surface area contributed by atoms with Crippen LogP contribution in [0.15, 0.2) is 42.5 Å². The van der Waals surface area contributed by atoms with Crippen molar-refractivity contribution in [2.24, 2.45) is 0 Å². The Morgan fingerprint density at radius 3 is 1.11 bits per heavy atom. The van der Waals surface area contributed by atoms with Gasteiger partial charge in [-0.15, -0.1) is 0 Å². The molecule has 0 bridgehead atoms. The second-order valence-electron chi connectivity index (χ2n) is 8.55. The summed E-state index contributed by atoms with van der Waals surface area (Å²) in [7, 11) is 0. The predicted octanol–water partition coefficient (Wildman–Crippen LogP) is 7.99. The molecule has 27 heavy (non-hydrogen) atoms. The molecular formula is C27H32. The SMILES string of the molecule is Cc1cc(C)c(-c2cc(-c3c(C)cc(C)cc3C)cc(C(C)C)c2)c(C)c1. The van der Waals surface area contributed by atoms with Crippen molar-refractivity contribution in [1.82, 2.24) is 0 Å². The normalized spacial score (nSPS) is 11.3. The van der Waals surface area contributed by atoms with Crippen LogP contribution >= 0.6 is 0 Å². The van der Waals surface area contributed by atoms with E-state index in [1.54, 1.807) is 0 Å². The van der Waals surface area contributed by atoms with Gasteiger partial charge in [-0.3, -0.25) is 0 Å². The van der Waals surface area contributed by atoms with Crippen LogP contribution in [0.2, 0.25) is 0 Å². The fourth-order valence-electron chi connectivity index (χ4n) is 4.54. The van der Waals surface area contributed by atoms with Crippen LogP contribution in [0.5, 0.6) is 0 Å². The van der Waals surface area contributed by atoms with Crippen molar-refractivity contribution in [2.45, 2.75) is 61.3 Å². The summed E-state index contributed by atoms with van der Waals surface area (Å²) in [6, 6.07) is 16.4. The maximum Gasteiger partial charge on any atom is -0.0125 e. The van der Waals surface area contributed by atoms with E-state index in [0.717, 1.165) is 0 Å². The van der Waals surface area contributed by atoms with E-state index in [4.69, 9.17) is 0 Å². The molecule has 0 saturated heterocycles. The van der Waals surface area contributed by atoms with Crippen LogP contribution in [0.3, 0.4) is 0 Å². The Labute approximate surface area is 165 Å². The van der Waals surface area contributed by atoms with E-state index >= 15 is 0 Å². The molecule has 0 atom stereocenters. The van der Waals surface area contributed by atoms with Crippen molar-refractivity contribution in [3.8, 4) is 22.3 Å². The van der Waals surface area contributed by atoms with E-state index in [1.165, 1.54) is 61.2 Å². The number of aryl methyl sites for hydroxylation is 6. The summed E-state index contributed by atoms with van der Waals surface area (Å²) in [6.45, 7) is 17.9. The van der Waals surface area contributed by atoms with Crippen LogP contribution < -0.4 is 0 Å². The second kappa shape index (κ2) is 7.35. The molecule has 140 valence electrons. The van der Waals surface area contributed by atoms with E-state index in [1.807, 2.05) is 0 Å². The van der Waals surface area contributed by atoms with Crippen LogP contribution in [0.1, 0.15) is 58.7 Å². The van der Waals surface area contributed by atoms with Crippen LogP contribution in [-0.4, -0.2) is 0 Å². The lowest BCUT2D eigenvalue weighted by atomic mass is 9.86. The van der Waals surface area contributed by atoms with Gasteiger partial charge in [-0.2, -0.15) is 0 Å². The largest absolute Gasteiger partial charge is 0.0587 e. The first kappa shape index (κ1) is 19.4. The Balaban J connectivity index is 2.31. The first-order valence-corrected chi connectivity index (χ1v) is 9.98. The fourth-order valence-corrected chi connectivity index (χ4v) is 4.54. The molecular weight excluding hydrogens is 324 g/mol. The minimum Gasteiger partial charge on any atom is -0.0587 e. The minimum atomic E-state index is 0.501. The zero-order valence-corrected chi connectivity index (χ0v) is 18.1. The molecule has 3 aromatic rings. The highest BCUT2D eigenvalue weighted by molar-refractivity contribution is 5.80. The van der Waals surface area contributed by atoms with Crippen molar-refractivity contribution < 1.29 is 0 Å². The lowest BCUT2D eigenvalue weighted by Gasteiger charge is -2.19. The second-order valence-corrected chi connectivity index (χ2v) is 8.55. The van der Waals surface area contributed by atoms with E-state index in [9.17, 15) is 0 Å². The molecule has 0 fully saturated rings. The van der Waals surface area contributed by atoms with Gasteiger partial charge >= 0.3 is 0 Å². The summed E-state index contributed by atoms with van der Waals surface area (Å²) in [5, 5.41) is 0. The molecule has 0 heteroatoms. The van der Waals surface area contributed by atoms with Crippen molar-refractivity contribution in [3.05, 3.63) is 81.4 Å². The highest BCUT2D eigenvalue weighted by Gasteiger charge is 2.14. The standard InChI is InChI=1S/C27H32/c1-16(2)23-13-24(26-19(5)9-17(3)10-20(26)6)15-25(14-23)27-21(7)11-18(4)12-22(27)8/h9-16H,1-8H3. The smallest absolute Gasteiger partial charge is 0.0125 e. The Kier molecular flexibility index (Phi) is 5.29. The lowest BCUT2D eigenvalue weighted by Crippen LogP contribution is -1.97. The third-order valence-corrected chi connectivity index (χ3v) is 5.55. The van der Waals surface area contributed by atoms with Crippen LogP contribution in [0.4, 0.5) is 0 Å². The number of hydrogen-bond acceptors (Lipinski definition) is 0. The Morgan fingerprint density at radius 2 is 0.815 bits per heavy atom. The molecule has 0 aliphatic heterocycles. The molecule has 0 unspecified atom stereocenters. The lowest BCUT2D eigenvalue weighted by molar-refractivity contribution is 0.867. The van der Waals surface area contributed by atoms with E-state index in [-0.39, 0.29) is 0 Å². The maximum absolute atomic E-state index is 2.39. The number of hydrogen-bond donors (Lipinski definition) is 0. The third kappa shape index (κ3) is 3.86. The minimum absolute atomic E-state index is 0.501. The summed E-state index contributed by atoms with van der Waals surface area (Å²) in [5.41, 5.74) is 14.9. The van der Waals surface area contributed by atoms with E-state index in [2.05, 4.69) is 97.9 Å². The molecule has 0 saturated carbocycles. The van der Waals surface area contributed by atoms with Crippen LogP contribution in [-0.2, 0) is 0 Å². The van der Waals surface area contributed by atoms with Gasteiger partial charge in [0.05, 0.1) is 0 Å². The van der Waals surface area contributed by atoms with Gasteiger partial charge in [0.15, 0.2) is 0 Å². The third-order valence-electron chi connectivity index (χ3n) is 5.55. The van der Waals surface area contributed by atoms with Crippen molar-refractivity contribution in [3.63, 3.8) is 0 Å². The molecule has 0 spiro atoms. The van der Waals surface area contributed by atoms with Gasteiger partial charge in [0.25, 0.3) is 0 Å². The summed E-state index contributed by atoms with van der Waals surface area (Å²) in [4.78, 5) is 0. The predicted molar refractivity (Wildman–Crippen MR) is 120 cm³/mol. The van der Waals surface area contributed by atoms with E-state index < -0.39 is 0 Å². The van der Waals surface area contributed by atoms with E-state index in [0.29, 0.717) is 5.92 Å². The molecule has 0 nitrogen and oxygen atoms in total. The molecule has 0 aliphatic carbocycles. The summed E-state index contributed by atoms with van der Waals surface area (Å²) >= 11 is 0. The monoisotopic (exact) mass is 356 g/mol. The Bertz CT molecular complexity index is 881. The maximum atomic E-state index is 2.39. The molecule has 0 aliphatic rings. The van der Waals surface area contributed by atoms with Crippen molar-refractivity contribution in [1.29, 1.82) is 0 Å². The molecule has 0 aromatic heterocycles. The average molecular weight is 357 g/mol. The Morgan fingerprint density at radius 1 is 0.481 bits per heavy atom. The molecule has 0 N–H and O–H groups in total. The topological polar surface area (TPSA) is 0 Å². The van der Waals surface area contributed by atoms with Gasteiger partial charge < -0.3 is 0 Å². The molecule has 0 heterocycles. The zero-order chi connectivity index (χ0) is 19.9. The van der Waals surface area contributed by atoms with Gasteiger partial charge in [0, 0.05) is 0 Å². The molecule has 3 aromatic carbocycles. The average Bonchev–Trinajstić information content (AvgIpc) is 2.52. The van der Waals surface area contributed by atoms with Crippen LogP contribution in [0, 0.1) is 41.5 Å². The zero-order valence-electron chi connectivity index (χ0n) is 18.1. The van der Waals surface area contributed by atoms with Gasteiger partial charge in [-0.1, -0.05) is 61.4 Å². The summed E-state index contributed by atoms with van der Waals surface area (Å²) in [5.74, 6) is 0.501. The van der Waals surface area contributed by atoms with Gasteiger partial charge in [-0.05, 0) is 104 Å². The number of rotatable bonds is 3. The highest BCUT2D eigenvalue weighted by atomic mass is 14.2.